The fraction of sp³-hybridized carbons (Fsp3) is 0.111. The Kier molecular flexibility index (Phi) is 3.64. The standard InChI is InChI=1S/C9H9BrN2O/c1-7(10)5-12-9(13)8-3-2-4-11-6-8/h2-4,6H,1,5H2,(H,12,13). The Balaban J connectivity index is 2.54. The van der Waals surface area contributed by atoms with E-state index in [4.69, 9.17) is 0 Å². The van der Waals surface area contributed by atoms with Gasteiger partial charge in [-0.2, -0.15) is 0 Å². The molecule has 68 valence electrons. The van der Waals surface area contributed by atoms with Crippen molar-refractivity contribution in [3.63, 3.8) is 0 Å². The van der Waals surface area contributed by atoms with Crippen LogP contribution in [0.5, 0.6) is 0 Å². The molecule has 1 N–H and O–H groups in total. The van der Waals surface area contributed by atoms with Crippen molar-refractivity contribution < 1.29 is 4.79 Å². The van der Waals surface area contributed by atoms with Crippen LogP contribution in [-0.2, 0) is 0 Å². The van der Waals surface area contributed by atoms with Crippen LogP contribution < -0.4 is 5.32 Å². The molecular weight excluding hydrogens is 232 g/mol. The molecule has 13 heavy (non-hydrogen) atoms. The molecule has 1 aromatic rings. The van der Waals surface area contributed by atoms with Crippen molar-refractivity contribution in [1.82, 2.24) is 10.3 Å². The third-order valence-corrected chi connectivity index (χ3v) is 1.64. The minimum absolute atomic E-state index is 0.145. The minimum Gasteiger partial charge on any atom is -0.347 e. The molecule has 0 unspecified atom stereocenters. The number of nitrogens with one attached hydrogen (secondary N) is 1. The van der Waals surface area contributed by atoms with E-state index in [0.29, 0.717) is 12.1 Å². The summed E-state index contributed by atoms with van der Waals surface area (Å²) in [6, 6.07) is 3.43. The Morgan fingerprint density at radius 3 is 3.00 bits per heavy atom. The van der Waals surface area contributed by atoms with Crippen LogP contribution >= 0.6 is 15.9 Å². The third-order valence-electron chi connectivity index (χ3n) is 1.36. The molecular formula is C9H9BrN2O. The molecule has 0 fully saturated rings. The number of rotatable bonds is 3. The van der Waals surface area contributed by atoms with E-state index in [1.165, 1.54) is 6.20 Å². The second kappa shape index (κ2) is 4.77. The highest BCUT2D eigenvalue weighted by Gasteiger charge is 2.03. The van der Waals surface area contributed by atoms with Crippen LogP contribution in [0.15, 0.2) is 35.6 Å². The average molecular weight is 241 g/mol. The second-order valence-corrected chi connectivity index (χ2v) is 3.56. The highest BCUT2D eigenvalue weighted by molar-refractivity contribution is 9.11. The summed E-state index contributed by atoms with van der Waals surface area (Å²) in [7, 11) is 0. The molecule has 1 heterocycles. The maximum absolute atomic E-state index is 11.3. The lowest BCUT2D eigenvalue weighted by Gasteiger charge is -2.02. The lowest BCUT2D eigenvalue weighted by Crippen LogP contribution is -2.24. The smallest absolute Gasteiger partial charge is 0.253 e. The van der Waals surface area contributed by atoms with Crippen LogP contribution in [-0.4, -0.2) is 17.4 Å². The number of carbonyl (C=O) groups is 1. The van der Waals surface area contributed by atoms with Crippen molar-refractivity contribution in [2.45, 2.75) is 0 Å². The average Bonchev–Trinajstić information content (AvgIpc) is 2.15. The van der Waals surface area contributed by atoms with E-state index in [-0.39, 0.29) is 5.91 Å². The van der Waals surface area contributed by atoms with E-state index in [1.807, 2.05) is 0 Å². The van der Waals surface area contributed by atoms with Gasteiger partial charge in [0, 0.05) is 23.4 Å². The summed E-state index contributed by atoms with van der Waals surface area (Å²) < 4.78 is 0.741. The van der Waals surface area contributed by atoms with E-state index in [2.05, 4.69) is 32.8 Å². The molecule has 0 aliphatic heterocycles. The van der Waals surface area contributed by atoms with Gasteiger partial charge in [-0.15, -0.1) is 0 Å². The molecule has 0 saturated carbocycles. The first-order chi connectivity index (χ1) is 6.20. The Morgan fingerprint density at radius 1 is 1.69 bits per heavy atom. The summed E-state index contributed by atoms with van der Waals surface area (Å²) in [4.78, 5) is 15.2. The number of halogens is 1. The minimum atomic E-state index is -0.145. The third kappa shape index (κ3) is 3.38. The van der Waals surface area contributed by atoms with Crippen LogP contribution in [0, 0.1) is 0 Å². The summed E-state index contributed by atoms with van der Waals surface area (Å²) in [6.45, 7) is 4.03. The number of aromatic nitrogens is 1. The van der Waals surface area contributed by atoms with Crippen LogP contribution in [0.2, 0.25) is 0 Å². The molecule has 0 aliphatic rings. The Labute approximate surface area is 85.0 Å². The molecule has 3 nitrogen and oxygen atoms in total. The first-order valence-electron chi connectivity index (χ1n) is 3.71. The van der Waals surface area contributed by atoms with Crippen molar-refractivity contribution in [3.05, 3.63) is 41.2 Å². The highest BCUT2D eigenvalue weighted by Crippen LogP contribution is 1.99. The van der Waals surface area contributed by atoms with Gasteiger partial charge in [-0.05, 0) is 12.1 Å². The normalized spacial score (nSPS) is 9.31. The van der Waals surface area contributed by atoms with Gasteiger partial charge in [0.2, 0.25) is 0 Å². The molecule has 4 heteroatoms. The van der Waals surface area contributed by atoms with Gasteiger partial charge in [0.15, 0.2) is 0 Å². The van der Waals surface area contributed by atoms with Crippen LogP contribution in [0.4, 0.5) is 0 Å². The maximum atomic E-state index is 11.3. The summed E-state index contributed by atoms with van der Waals surface area (Å²) in [5, 5.41) is 2.67. The molecule has 0 atom stereocenters. The van der Waals surface area contributed by atoms with Gasteiger partial charge in [0.05, 0.1) is 5.56 Å². The Morgan fingerprint density at radius 2 is 2.46 bits per heavy atom. The van der Waals surface area contributed by atoms with Gasteiger partial charge in [-0.25, -0.2) is 0 Å². The van der Waals surface area contributed by atoms with E-state index in [0.717, 1.165) is 4.48 Å². The first kappa shape index (κ1) is 9.92. The predicted octanol–water partition coefficient (Wildman–Crippen LogP) is 1.72. The van der Waals surface area contributed by atoms with Crippen molar-refractivity contribution in [1.29, 1.82) is 0 Å². The van der Waals surface area contributed by atoms with Gasteiger partial charge < -0.3 is 5.32 Å². The summed E-state index contributed by atoms with van der Waals surface area (Å²) in [6.07, 6.45) is 3.15. The first-order valence-corrected chi connectivity index (χ1v) is 4.51. The van der Waals surface area contributed by atoms with Crippen molar-refractivity contribution >= 4 is 21.8 Å². The van der Waals surface area contributed by atoms with E-state index in [1.54, 1.807) is 18.3 Å². The van der Waals surface area contributed by atoms with Gasteiger partial charge in [-0.3, -0.25) is 9.78 Å². The van der Waals surface area contributed by atoms with Crippen LogP contribution in [0.25, 0.3) is 0 Å². The second-order valence-electron chi connectivity index (χ2n) is 2.44. The monoisotopic (exact) mass is 240 g/mol. The van der Waals surface area contributed by atoms with E-state index >= 15 is 0 Å². The van der Waals surface area contributed by atoms with Crippen LogP contribution in [0.1, 0.15) is 10.4 Å². The van der Waals surface area contributed by atoms with Crippen molar-refractivity contribution in [2.75, 3.05) is 6.54 Å². The number of nitrogens with zero attached hydrogens (tertiary/aromatic N) is 1. The van der Waals surface area contributed by atoms with Crippen molar-refractivity contribution in [3.8, 4) is 0 Å². The zero-order valence-corrected chi connectivity index (χ0v) is 8.54. The molecule has 1 rings (SSSR count). The SMILES string of the molecule is C=C(Br)CNC(=O)c1cccnc1. The number of pyridine rings is 1. The zero-order valence-electron chi connectivity index (χ0n) is 6.96. The van der Waals surface area contributed by atoms with E-state index < -0.39 is 0 Å². The summed E-state index contributed by atoms with van der Waals surface area (Å²) >= 11 is 3.15. The lowest BCUT2D eigenvalue weighted by atomic mass is 10.3. The summed E-state index contributed by atoms with van der Waals surface area (Å²) in [5.41, 5.74) is 0.552. The fourth-order valence-electron chi connectivity index (χ4n) is 0.775. The molecule has 0 aromatic carbocycles. The van der Waals surface area contributed by atoms with Crippen molar-refractivity contribution in [2.24, 2.45) is 0 Å². The van der Waals surface area contributed by atoms with Gasteiger partial charge >= 0.3 is 0 Å². The molecule has 0 saturated heterocycles. The van der Waals surface area contributed by atoms with Gasteiger partial charge in [0.1, 0.15) is 0 Å². The fourth-order valence-corrected chi connectivity index (χ4v) is 0.916. The van der Waals surface area contributed by atoms with Gasteiger partial charge in [0.25, 0.3) is 5.91 Å². The molecule has 1 amide bonds. The molecule has 0 bridgehead atoms. The summed E-state index contributed by atoms with van der Waals surface area (Å²) in [5.74, 6) is -0.145. The maximum Gasteiger partial charge on any atom is 0.253 e. The number of hydrogen-bond acceptors (Lipinski definition) is 2. The predicted molar refractivity (Wildman–Crippen MR) is 54.6 cm³/mol. The van der Waals surface area contributed by atoms with Crippen LogP contribution in [0.3, 0.4) is 0 Å². The largest absolute Gasteiger partial charge is 0.347 e. The topological polar surface area (TPSA) is 42.0 Å². The lowest BCUT2D eigenvalue weighted by molar-refractivity contribution is 0.0957. The zero-order chi connectivity index (χ0) is 9.68. The molecule has 0 aliphatic carbocycles. The quantitative estimate of drug-likeness (QED) is 0.875. The van der Waals surface area contributed by atoms with Gasteiger partial charge in [-0.1, -0.05) is 22.5 Å². The number of carbonyl (C=O) groups excluding carboxylic acids is 1. The highest BCUT2D eigenvalue weighted by atomic mass is 79.9. The van der Waals surface area contributed by atoms with E-state index in [9.17, 15) is 4.79 Å². The molecule has 0 spiro atoms. The Hall–Kier alpha value is -1.16. The number of amides is 1. The molecule has 0 radical (unpaired) electrons. The number of hydrogen-bond donors (Lipinski definition) is 1. The molecule has 1 aromatic heterocycles. The Bertz CT molecular complexity index is 311.